The fraction of sp³-hybridized carbons (Fsp3) is 0.310. The van der Waals surface area contributed by atoms with Crippen LogP contribution in [0, 0.1) is 11.6 Å². The Morgan fingerprint density at radius 1 is 0.857 bits per heavy atom. The van der Waals surface area contributed by atoms with Gasteiger partial charge in [0.2, 0.25) is 11.8 Å². The monoisotopic (exact) mass is 476 g/mol. The third kappa shape index (κ3) is 6.75. The van der Waals surface area contributed by atoms with Gasteiger partial charge >= 0.3 is 0 Å². The number of nitrogens with zero attached hydrogens (tertiary/aromatic N) is 1. The zero-order valence-electron chi connectivity index (χ0n) is 19.6. The van der Waals surface area contributed by atoms with Crippen LogP contribution < -0.4 is 5.32 Å². The van der Waals surface area contributed by atoms with Crippen molar-refractivity contribution in [1.82, 2.24) is 10.2 Å². The molecular formula is C29H30F2N2O2. The fourth-order valence-electron chi connectivity index (χ4n) is 4.61. The van der Waals surface area contributed by atoms with Gasteiger partial charge in [-0.3, -0.25) is 9.59 Å². The molecule has 0 aliphatic heterocycles. The molecule has 1 fully saturated rings. The molecule has 0 radical (unpaired) electrons. The standard InChI is InChI=1S/C29H30F2N2O2/c30-24-16-14-22(15-17-24)19-28(34)33(20-23-10-4-7-13-26(23)31)27(18-21-8-2-1-3-9-21)29(35)32-25-11-5-6-12-25/h1-4,7-10,13-17,25,27H,5-6,11-12,18-20H2,(H,32,35)/t27-/m0/s1. The van der Waals surface area contributed by atoms with E-state index in [4.69, 9.17) is 0 Å². The summed E-state index contributed by atoms with van der Waals surface area (Å²) in [6.07, 6.45) is 4.26. The van der Waals surface area contributed by atoms with Crippen LogP contribution in [0.2, 0.25) is 0 Å². The van der Waals surface area contributed by atoms with Crippen molar-refractivity contribution >= 4 is 11.8 Å². The topological polar surface area (TPSA) is 49.4 Å². The molecule has 182 valence electrons. The van der Waals surface area contributed by atoms with Crippen LogP contribution in [0.25, 0.3) is 0 Å². The van der Waals surface area contributed by atoms with Gasteiger partial charge in [0.05, 0.1) is 6.42 Å². The minimum Gasteiger partial charge on any atom is -0.352 e. The van der Waals surface area contributed by atoms with Gasteiger partial charge in [0.1, 0.15) is 17.7 Å². The number of halogens is 2. The first-order chi connectivity index (χ1) is 17.0. The van der Waals surface area contributed by atoms with E-state index in [1.165, 1.54) is 23.1 Å². The maximum absolute atomic E-state index is 14.6. The van der Waals surface area contributed by atoms with E-state index in [2.05, 4.69) is 5.32 Å². The molecule has 3 aromatic rings. The van der Waals surface area contributed by atoms with Crippen molar-refractivity contribution in [2.24, 2.45) is 0 Å². The summed E-state index contributed by atoms with van der Waals surface area (Å²) in [4.78, 5) is 28.7. The number of hydrogen-bond donors (Lipinski definition) is 1. The number of amides is 2. The normalized spacial score (nSPS) is 14.5. The zero-order chi connectivity index (χ0) is 24.6. The van der Waals surface area contributed by atoms with Gasteiger partial charge in [-0.25, -0.2) is 8.78 Å². The molecule has 1 aliphatic carbocycles. The number of rotatable bonds is 9. The van der Waals surface area contributed by atoms with Crippen LogP contribution in [-0.4, -0.2) is 28.8 Å². The number of nitrogens with one attached hydrogen (secondary N) is 1. The van der Waals surface area contributed by atoms with Crippen molar-refractivity contribution in [3.63, 3.8) is 0 Å². The molecule has 0 heterocycles. The third-order valence-corrected chi connectivity index (χ3v) is 6.54. The van der Waals surface area contributed by atoms with E-state index in [-0.39, 0.29) is 36.6 Å². The zero-order valence-corrected chi connectivity index (χ0v) is 19.6. The average Bonchev–Trinajstić information content (AvgIpc) is 3.37. The number of benzene rings is 3. The lowest BCUT2D eigenvalue weighted by atomic mass is 10.0. The lowest BCUT2D eigenvalue weighted by Gasteiger charge is -2.32. The van der Waals surface area contributed by atoms with Crippen LogP contribution in [0.15, 0.2) is 78.9 Å². The van der Waals surface area contributed by atoms with Crippen molar-refractivity contribution < 1.29 is 18.4 Å². The highest BCUT2D eigenvalue weighted by atomic mass is 19.1. The Balaban J connectivity index is 1.66. The van der Waals surface area contributed by atoms with E-state index in [0.717, 1.165) is 31.2 Å². The maximum Gasteiger partial charge on any atom is 0.243 e. The highest BCUT2D eigenvalue weighted by molar-refractivity contribution is 5.89. The van der Waals surface area contributed by atoms with Gasteiger partial charge in [-0.2, -0.15) is 0 Å². The molecule has 0 spiro atoms. The molecule has 35 heavy (non-hydrogen) atoms. The highest BCUT2D eigenvalue weighted by Gasteiger charge is 2.32. The quantitative estimate of drug-likeness (QED) is 0.461. The van der Waals surface area contributed by atoms with Crippen LogP contribution >= 0.6 is 0 Å². The molecule has 0 bridgehead atoms. The van der Waals surface area contributed by atoms with Crippen molar-refractivity contribution in [2.45, 2.75) is 57.2 Å². The number of carbonyl (C=O) groups excluding carboxylic acids is 2. The molecule has 0 saturated heterocycles. The van der Waals surface area contributed by atoms with Crippen molar-refractivity contribution in [3.05, 3.63) is 107 Å². The van der Waals surface area contributed by atoms with Gasteiger partial charge < -0.3 is 10.2 Å². The first kappa shape index (κ1) is 24.6. The molecule has 0 unspecified atom stereocenters. The summed E-state index contributed by atoms with van der Waals surface area (Å²) in [6.45, 7) is -0.0394. The van der Waals surface area contributed by atoms with Crippen LogP contribution in [0.5, 0.6) is 0 Å². The predicted molar refractivity (Wildman–Crippen MR) is 131 cm³/mol. The Labute approximate surface area is 205 Å². The van der Waals surface area contributed by atoms with Gasteiger partial charge in [-0.05, 0) is 42.2 Å². The number of carbonyl (C=O) groups is 2. The Hall–Kier alpha value is -3.54. The smallest absolute Gasteiger partial charge is 0.243 e. The molecule has 1 atom stereocenters. The van der Waals surface area contributed by atoms with Crippen LogP contribution in [0.3, 0.4) is 0 Å². The predicted octanol–water partition coefficient (Wildman–Crippen LogP) is 5.21. The number of hydrogen-bond acceptors (Lipinski definition) is 2. The summed E-state index contributed by atoms with van der Waals surface area (Å²) in [5.41, 5.74) is 1.88. The second-order valence-electron chi connectivity index (χ2n) is 9.11. The van der Waals surface area contributed by atoms with Gasteiger partial charge in [0.25, 0.3) is 0 Å². The first-order valence-corrected chi connectivity index (χ1v) is 12.1. The Morgan fingerprint density at radius 2 is 1.51 bits per heavy atom. The molecule has 1 saturated carbocycles. The van der Waals surface area contributed by atoms with Gasteiger partial charge in [-0.1, -0.05) is 73.5 Å². The van der Waals surface area contributed by atoms with E-state index in [9.17, 15) is 18.4 Å². The summed E-state index contributed by atoms with van der Waals surface area (Å²) in [5.74, 6) is -1.36. The molecule has 4 rings (SSSR count). The van der Waals surface area contributed by atoms with Crippen molar-refractivity contribution in [1.29, 1.82) is 0 Å². The molecule has 1 N–H and O–H groups in total. The lowest BCUT2D eigenvalue weighted by molar-refractivity contribution is -0.141. The summed E-state index contributed by atoms with van der Waals surface area (Å²) >= 11 is 0. The molecule has 3 aromatic carbocycles. The minimum absolute atomic E-state index is 0.0171. The molecular weight excluding hydrogens is 446 g/mol. The summed E-state index contributed by atoms with van der Waals surface area (Å²) in [5, 5.41) is 3.13. The first-order valence-electron chi connectivity index (χ1n) is 12.1. The molecule has 2 amide bonds. The van der Waals surface area contributed by atoms with Crippen molar-refractivity contribution in [2.75, 3.05) is 0 Å². The summed E-state index contributed by atoms with van der Waals surface area (Å²) in [7, 11) is 0. The van der Waals surface area contributed by atoms with Gasteiger partial charge in [0.15, 0.2) is 0 Å². The lowest BCUT2D eigenvalue weighted by Crippen LogP contribution is -2.52. The van der Waals surface area contributed by atoms with E-state index >= 15 is 0 Å². The van der Waals surface area contributed by atoms with E-state index in [0.29, 0.717) is 17.5 Å². The van der Waals surface area contributed by atoms with Crippen LogP contribution in [0.1, 0.15) is 42.4 Å². The summed E-state index contributed by atoms with van der Waals surface area (Å²) in [6, 6.07) is 20.8. The molecule has 0 aromatic heterocycles. The van der Waals surface area contributed by atoms with E-state index in [1.54, 1.807) is 30.3 Å². The largest absolute Gasteiger partial charge is 0.352 e. The Morgan fingerprint density at radius 3 is 2.20 bits per heavy atom. The fourth-order valence-corrected chi connectivity index (χ4v) is 4.61. The van der Waals surface area contributed by atoms with E-state index in [1.807, 2.05) is 30.3 Å². The summed E-state index contributed by atoms with van der Waals surface area (Å²) < 4.78 is 28.0. The van der Waals surface area contributed by atoms with Gasteiger partial charge in [0, 0.05) is 24.6 Å². The third-order valence-electron chi connectivity index (χ3n) is 6.54. The van der Waals surface area contributed by atoms with Crippen molar-refractivity contribution in [3.8, 4) is 0 Å². The molecule has 1 aliphatic rings. The van der Waals surface area contributed by atoms with Gasteiger partial charge in [-0.15, -0.1) is 0 Å². The van der Waals surface area contributed by atoms with E-state index < -0.39 is 11.9 Å². The van der Waals surface area contributed by atoms with Crippen LogP contribution in [0.4, 0.5) is 8.78 Å². The molecule has 6 heteroatoms. The average molecular weight is 477 g/mol. The maximum atomic E-state index is 14.6. The Kier molecular flexibility index (Phi) is 8.24. The Bertz CT molecular complexity index is 1130. The molecule has 4 nitrogen and oxygen atoms in total. The van der Waals surface area contributed by atoms with Crippen LogP contribution in [-0.2, 0) is 29.0 Å². The minimum atomic E-state index is -0.814. The second kappa shape index (κ2) is 11.7. The second-order valence-corrected chi connectivity index (χ2v) is 9.11. The SMILES string of the molecule is O=C(NC1CCCC1)[C@H](Cc1ccccc1)N(Cc1ccccc1F)C(=O)Cc1ccc(F)cc1. The highest BCUT2D eigenvalue weighted by Crippen LogP contribution is 2.21.